The van der Waals surface area contributed by atoms with Gasteiger partial charge in [-0.05, 0) is 75.9 Å². The number of hydrogen-bond acceptors (Lipinski definition) is 9. The molecule has 1 saturated carbocycles. The van der Waals surface area contributed by atoms with Crippen LogP contribution in [-0.4, -0.2) is 91.8 Å². The second-order valence-corrected chi connectivity index (χ2v) is 9.46. The van der Waals surface area contributed by atoms with Gasteiger partial charge in [0.25, 0.3) is 0 Å². The van der Waals surface area contributed by atoms with E-state index in [-0.39, 0.29) is 65.8 Å². The summed E-state index contributed by atoms with van der Waals surface area (Å²) in [6.07, 6.45) is 1.58. The number of rotatable bonds is 9. The van der Waals surface area contributed by atoms with Gasteiger partial charge < -0.3 is 63.0 Å². The summed E-state index contributed by atoms with van der Waals surface area (Å²) in [6, 6.07) is 7.02. The number of phenolic OH excluding ortho intramolecular Hbond substituents is 1. The van der Waals surface area contributed by atoms with Crippen LogP contribution in [0.15, 0.2) is 33.2 Å². The number of alkyl halides is 1. The number of halogens is 4. The van der Waals surface area contributed by atoms with Gasteiger partial charge in [0, 0.05) is 0 Å². The molecule has 0 radical (unpaired) electrons. The molecule has 1 aliphatic rings. The summed E-state index contributed by atoms with van der Waals surface area (Å²) in [6.45, 7) is 2.51. The molecule has 218 valence electrons. The van der Waals surface area contributed by atoms with E-state index in [2.05, 4.69) is 52.5 Å². The molecule has 0 spiro atoms. The van der Waals surface area contributed by atoms with Crippen LogP contribution < -0.4 is 40.7 Å². The summed E-state index contributed by atoms with van der Waals surface area (Å²) in [5.41, 5.74) is -0.659. The van der Waals surface area contributed by atoms with Gasteiger partial charge in [-0.25, -0.2) is 0 Å². The van der Waals surface area contributed by atoms with Crippen molar-refractivity contribution in [1.82, 2.24) is 0 Å². The number of hydrogen-bond donors (Lipinski definition) is 2. The molecule has 1 aliphatic carbocycles. The zero-order valence-electron chi connectivity index (χ0n) is 22.8. The number of methoxy groups -OCH3 is 4. The van der Waals surface area contributed by atoms with E-state index >= 15 is 0 Å². The maximum Gasteiger partial charge on any atom is 2.00 e. The van der Waals surface area contributed by atoms with Crippen molar-refractivity contribution >= 4 is 76.8 Å². The first-order valence-electron chi connectivity index (χ1n) is 10.7. The number of benzene rings is 2. The number of carbonyl (C=O) groups excluding carboxylic acids is 1. The molecule has 14 heteroatoms. The standard InChI is InChI=1S/C12H15BrO4.C8H9BrO3.C4H7BrO2.CH3.BrH.Mg/c1-15-9-4-3-8(13)10(11(9)16-2)17-7-12(14)5-6-12;1-11-6-4-3-5(9)7(10)8(6)12-2;1-2-7-4(6)3-5;;;/h3-4,14H,5-7H2,1-2H3;3-4,10H,1-2H3;2-3H2,1H3;1H3;1H;/q;;;-1;;+2/p-1. The monoisotopic (exact) mass is 818 g/mol. The van der Waals surface area contributed by atoms with Crippen molar-refractivity contribution in [3.8, 4) is 34.5 Å². The zero-order chi connectivity index (χ0) is 27.3. The molecule has 1 fully saturated rings. The van der Waals surface area contributed by atoms with Gasteiger partial charge in [0.2, 0.25) is 11.5 Å². The van der Waals surface area contributed by atoms with E-state index in [9.17, 15) is 15.0 Å². The Hall–Kier alpha value is -0.644. The molecule has 0 atom stereocenters. The molecule has 39 heavy (non-hydrogen) atoms. The van der Waals surface area contributed by atoms with Crippen LogP contribution in [0.3, 0.4) is 0 Å². The van der Waals surface area contributed by atoms with Crippen LogP contribution >= 0.6 is 47.8 Å². The van der Waals surface area contributed by atoms with Crippen LogP contribution in [0.2, 0.25) is 0 Å². The van der Waals surface area contributed by atoms with Crippen LogP contribution in [0.4, 0.5) is 0 Å². The molecule has 3 rings (SSSR count). The molecule has 0 heterocycles. The number of phenols is 1. The molecule has 2 aromatic rings. The Balaban J connectivity index is -0.000000522. The van der Waals surface area contributed by atoms with Crippen molar-refractivity contribution < 1.29 is 60.4 Å². The Morgan fingerprint density at radius 3 is 1.77 bits per heavy atom. The molecule has 9 nitrogen and oxygen atoms in total. The summed E-state index contributed by atoms with van der Waals surface area (Å²) >= 11 is 9.50. The topological polar surface area (TPSA) is 113 Å². The first-order chi connectivity index (χ1) is 17.1. The molecule has 0 aromatic heterocycles. The van der Waals surface area contributed by atoms with E-state index in [1.807, 2.05) is 6.07 Å². The quantitative estimate of drug-likeness (QED) is 0.171. The Morgan fingerprint density at radius 1 is 0.897 bits per heavy atom. The minimum absolute atomic E-state index is 0. The van der Waals surface area contributed by atoms with Gasteiger partial charge >= 0.3 is 29.0 Å². The van der Waals surface area contributed by atoms with Crippen LogP contribution in [0.25, 0.3) is 0 Å². The molecule has 0 bridgehead atoms. The second-order valence-electron chi connectivity index (χ2n) is 7.20. The normalized spacial score (nSPS) is 11.6. The molecule has 0 saturated heterocycles. The number of carbonyl (C=O) groups is 1. The van der Waals surface area contributed by atoms with E-state index in [1.165, 1.54) is 14.2 Å². The zero-order valence-corrected chi connectivity index (χ0v) is 30.6. The Bertz CT molecular complexity index is 993. The molecule has 2 aromatic carbocycles. The minimum atomic E-state index is -0.659. The van der Waals surface area contributed by atoms with Crippen molar-refractivity contribution in [1.29, 1.82) is 0 Å². The van der Waals surface area contributed by atoms with Gasteiger partial charge in [-0.15, -0.1) is 0 Å². The smallest absolute Gasteiger partial charge is 1.00 e. The van der Waals surface area contributed by atoms with Crippen LogP contribution in [0.1, 0.15) is 19.8 Å². The maximum absolute atomic E-state index is 10.1. The number of aromatic hydroxyl groups is 1. The molecule has 0 unspecified atom stereocenters. The molecular formula is C25H34Br4MgO9. The predicted octanol–water partition coefficient (Wildman–Crippen LogP) is 2.56. The Morgan fingerprint density at radius 2 is 1.38 bits per heavy atom. The van der Waals surface area contributed by atoms with Gasteiger partial charge in [-0.2, -0.15) is 0 Å². The summed E-state index contributed by atoms with van der Waals surface area (Å²) in [5, 5.41) is 19.5. The van der Waals surface area contributed by atoms with E-state index in [0.29, 0.717) is 45.2 Å². The van der Waals surface area contributed by atoms with E-state index in [0.717, 1.165) is 17.3 Å². The molecule has 2 N–H and O–H groups in total. The average Bonchev–Trinajstić information content (AvgIpc) is 3.62. The van der Waals surface area contributed by atoms with Crippen LogP contribution in [0.5, 0.6) is 34.5 Å². The summed E-state index contributed by atoms with van der Waals surface area (Å²) < 4.78 is 31.9. The van der Waals surface area contributed by atoms with Crippen molar-refractivity contribution in [3.63, 3.8) is 0 Å². The third-order valence-corrected chi connectivity index (χ3v) is 6.37. The Labute approximate surface area is 282 Å². The van der Waals surface area contributed by atoms with Crippen molar-refractivity contribution in [2.45, 2.75) is 25.4 Å². The fourth-order valence-electron chi connectivity index (χ4n) is 2.59. The van der Waals surface area contributed by atoms with Gasteiger partial charge in [-0.1, -0.05) is 15.9 Å². The first-order valence-corrected chi connectivity index (χ1v) is 13.4. The van der Waals surface area contributed by atoms with Gasteiger partial charge in [0.15, 0.2) is 23.0 Å². The minimum Gasteiger partial charge on any atom is -1.00 e. The Kier molecular flexibility index (Phi) is 24.2. The molecular weight excluding hydrogens is 788 g/mol. The van der Waals surface area contributed by atoms with Gasteiger partial charge in [-0.3, -0.25) is 4.79 Å². The number of esters is 1. The largest absolute Gasteiger partial charge is 2.00 e. The summed E-state index contributed by atoms with van der Waals surface area (Å²) in [7, 11) is 6.13. The van der Waals surface area contributed by atoms with E-state index in [1.54, 1.807) is 39.3 Å². The van der Waals surface area contributed by atoms with Gasteiger partial charge in [0.1, 0.15) is 11.9 Å². The summed E-state index contributed by atoms with van der Waals surface area (Å²) in [5.74, 6) is 2.40. The fourth-order valence-corrected chi connectivity index (χ4v) is 3.49. The van der Waals surface area contributed by atoms with Gasteiger partial charge in [0.05, 0.1) is 49.6 Å². The molecule has 0 aliphatic heterocycles. The van der Waals surface area contributed by atoms with E-state index in [4.69, 9.17) is 23.7 Å². The average molecular weight is 822 g/mol. The maximum atomic E-state index is 10.1. The molecule has 0 amide bonds. The van der Waals surface area contributed by atoms with Crippen molar-refractivity contribution in [2.75, 3.05) is 47.0 Å². The van der Waals surface area contributed by atoms with Crippen molar-refractivity contribution in [3.05, 3.63) is 40.6 Å². The number of ether oxygens (including phenoxy) is 6. The van der Waals surface area contributed by atoms with Crippen molar-refractivity contribution in [2.24, 2.45) is 0 Å². The fraction of sp³-hybridized carbons (Fsp3) is 0.440. The second kappa shape index (κ2) is 22.0. The first kappa shape index (κ1) is 42.8. The van der Waals surface area contributed by atoms with Crippen LogP contribution in [-0.2, 0) is 9.53 Å². The summed E-state index contributed by atoms with van der Waals surface area (Å²) in [4.78, 5) is 10.1. The van der Waals surface area contributed by atoms with Crippen LogP contribution in [0, 0.1) is 7.43 Å². The third kappa shape index (κ3) is 14.2. The predicted molar refractivity (Wildman–Crippen MR) is 158 cm³/mol. The SMILES string of the molecule is CCOC(=O)CBr.COc1ccc(Br)c(O)c1OC.COc1ccc(Br)c(OCC2(O)CC2)c1OC.[Br-].[CH3-].[Mg+2]. The van der Waals surface area contributed by atoms with E-state index < -0.39 is 5.60 Å². The third-order valence-electron chi connectivity index (χ3n) is 4.65. The number of aliphatic hydroxyl groups is 1.